The maximum Gasteiger partial charge on any atom is 0.0192 e. The average Bonchev–Trinajstić information content (AvgIpc) is 1.38. The third-order valence-electron chi connectivity index (χ3n) is 0.372. The van der Waals surface area contributed by atoms with Gasteiger partial charge in [0.1, 0.15) is 0 Å². The number of hydrogen-bond acceptors (Lipinski definition) is 1. The number of nitrogens with two attached hydrogens (primary N) is 1. The minimum Gasteiger partial charge on any atom is -0.325 e. The Hall–Kier alpha value is -0.300. The van der Waals surface area contributed by atoms with Gasteiger partial charge in [0.2, 0.25) is 0 Å². The van der Waals surface area contributed by atoms with Gasteiger partial charge in [-0.1, -0.05) is 6.08 Å². The molecule has 0 rings (SSSR count). The Morgan fingerprint density at radius 2 is 2.20 bits per heavy atom. The lowest BCUT2D eigenvalue weighted by Crippen LogP contribution is -2.09. The Bertz CT molecular complexity index is 30.6. The second-order valence-corrected chi connectivity index (χ2v) is 1.09. The first-order chi connectivity index (χ1) is 2.27. The van der Waals surface area contributed by atoms with Crippen molar-refractivity contribution >= 4 is 0 Å². The fraction of sp³-hybridized carbons (Fsp3) is 0.500. The van der Waals surface area contributed by atoms with Crippen molar-refractivity contribution in [2.75, 3.05) is 0 Å². The smallest absolute Gasteiger partial charge is 0.0192 e. The molecule has 0 aromatic carbocycles. The lowest BCUT2D eigenvalue weighted by Gasteiger charge is -1.85. The van der Waals surface area contributed by atoms with Crippen molar-refractivity contribution in [3.8, 4) is 0 Å². The molecule has 0 aliphatic rings. The van der Waals surface area contributed by atoms with Crippen molar-refractivity contribution in [1.29, 1.82) is 0 Å². The van der Waals surface area contributed by atoms with Crippen LogP contribution in [0.5, 0.6) is 0 Å². The summed E-state index contributed by atoms with van der Waals surface area (Å²) in [4.78, 5) is 0. The van der Waals surface area contributed by atoms with Crippen molar-refractivity contribution in [2.45, 2.75) is 13.0 Å². The molecule has 0 radical (unpaired) electrons. The van der Waals surface area contributed by atoms with Gasteiger partial charge < -0.3 is 5.73 Å². The summed E-state index contributed by atoms with van der Waals surface area (Å²) in [6, 6.07) is 0.148. The summed E-state index contributed by atoms with van der Waals surface area (Å²) < 4.78 is 0. The first-order valence-electron chi connectivity index (χ1n) is 1.65. The first-order valence-corrected chi connectivity index (χ1v) is 1.65. The van der Waals surface area contributed by atoms with Crippen molar-refractivity contribution in [2.24, 2.45) is 5.73 Å². The zero-order valence-corrected chi connectivity index (χ0v) is 3.44. The van der Waals surface area contributed by atoms with Gasteiger partial charge in [-0.05, 0) is 6.92 Å². The topological polar surface area (TPSA) is 26.0 Å². The number of rotatable bonds is 1. The van der Waals surface area contributed by atoms with Crippen LogP contribution in [0.1, 0.15) is 6.92 Å². The third kappa shape index (κ3) is 3.70. The van der Waals surface area contributed by atoms with E-state index in [0.717, 1.165) is 0 Å². The highest BCUT2D eigenvalue weighted by molar-refractivity contribution is 4.76. The summed E-state index contributed by atoms with van der Waals surface area (Å²) in [7, 11) is 0. The van der Waals surface area contributed by atoms with Crippen molar-refractivity contribution < 1.29 is 0 Å². The second-order valence-electron chi connectivity index (χ2n) is 1.09. The first kappa shape index (κ1) is 4.70. The molecule has 0 aliphatic carbocycles. The van der Waals surface area contributed by atoms with E-state index in [1.165, 1.54) is 0 Å². The Balaban J connectivity index is 2.83. The molecule has 0 heterocycles. The van der Waals surface area contributed by atoms with Gasteiger partial charge in [0.05, 0.1) is 0 Å². The van der Waals surface area contributed by atoms with Crippen LogP contribution in [0.25, 0.3) is 0 Å². The predicted molar refractivity (Wildman–Crippen MR) is 23.8 cm³/mol. The second kappa shape index (κ2) is 1.97. The summed E-state index contributed by atoms with van der Waals surface area (Å²) in [6.45, 7) is 5.32. The molecule has 0 aromatic heterocycles. The maximum atomic E-state index is 5.17. The monoisotopic (exact) mass is 71.1 g/mol. The van der Waals surface area contributed by atoms with Gasteiger partial charge in [0.25, 0.3) is 0 Å². The standard InChI is InChI=1S/C4H9N/c1-3-4(2)5/h3-4H,1,5H2,2H3/t4-/m1/s1. The van der Waals surface area contributed by atoms with Crippen LogP contribution in [-0.4, -0.2) is 6.04 Å². The molecular weight excluding hydrogens is 62.1 g/mol. The van der Waals surface area contributed by atoms with Gasteiger partial charge in [0, 0.05) is 6.04 Å². The molecule has 0 saturated heterocycles. The normalized spacial score (nSPS) is 14.0. The molecular formula is C4H9N. The molecule has 30 valence electrons. The Kier molecular flexibility index (Phi) is 1.85. The minimum absolute atomic E-state index is 0.148. The number of hydrogen-bond donors (Lipinski definition) is 1. The van der Waals surface area contributed by atoms with Crippen LogP contribution in [0.15, 0.2) is 12.7 Å². The van der Waals surface area contributed by atoms with Crippen molar-refractivity contribution in [1.82, 2.24) is 0 Å². The van der Waals surface area contributed by atoms with E-state index in [1.807, 2.05) is 6.92 Å². The molecule has 0 amide bonds. The van der Waals surface area contributed by atoms with Crippen LogP contribution in [0.2, 0.25) is 0 Å². The van der Waals surface area contributed by atoms with Crippen molar-refractivity contribution in [3.63, 3.8) is 0 Å². The average molecular weight is 71.1 g/mol. The predicted octanol–water partition coefficient (Wildman–Crippen LogP) is 0.520. The molecule has 0 aliphatic heterocycles. The van der Waals surface area contributed by atoms with Gasteiger partial charge in [0.15, 0.2) is 0 Å². The maximum absolute atomic E-state index is 5.17. The molecule has 0 bridgehead atoms. The largest absolute Gasteiger partial charge is 0.325 e. The van der Waals surface area contributed by atoms with Gasteiger partial charge >= 0.3 is 0 Å². The zero-order valence-electron chi connectivity index (χ0n) is 3.44. The highest BCUT2D eigenvalue weighted by Crippen LogP contribution is 1.67. The quantitative estimate of drug-likeness (QED) is 0.448. The molecule has 0 aromatic rings. The van der Waals surface area contributed by atoms with E-state index >= 15 is 0 Å². The lowest BCUT2D eigenvalue weighted by molar-refractivity contribution is 0.929. The van der Waals surface area contributed by atoms with Crippen LogP contribution in [0.4, 0.5) is 0 Å². The lowest BCUT2D eigenvalue weighted by atomic mass is 10.4. The van der Waals surface area contributed by atoms with E-state index in [0.29, 0.717) is 0 Å². The van der Waals surface area contributed by atoms with E-state index in [9.17, 15) is 0 Å². The SMILES string of the molecule is C=C[C@@H](C)N. The van der Waals surface area contributed by atoms with E-state index in [4.69, 9.17) is 5.73 Å². The highest BCUT2D eigenvalue weighted by atomic mass is 14.6. The summed E-state index contributed by atoms with van der Waals surface area (Å²) in [5.74, 6) is 0. The zero-order chi connectivity index (χ0) is 4.28. The molecule has 1 heteroatoms. The van der Waals surface area contributed by atoms with Gasteiger partial charge in [-0.15, -0.1) is 6.58 Å². The summed E-state index contributed by atoms with van der Waals surface area (Å²) in [5, 5.41) is 0. The minimum atomic E-state index is 0.148. The summed E-state index contributed by atoms with van der Waals surface area (Å²) >= 11 is 0. The van der Waals surface area contributed by atoms with Crippen LogP contribution >= 0.6 is 0 Å². The molecule has 1 nitrogen and oxygen atoms in total. The Morgan fingerprint density at radius 3 is 2.20 bits per heavy atom. The fourth-order valence-electron chi connectivity index (χ4n) is 0. The Labute approximate surface area is 32.5 Å². The van der Waals surface area contributed by atoms with Crippen LogP contribution < -0.4 is 5.73 Å². The molecule has 5 heavy (non-hydrogen) atoms. The van der Waals surface area contributed by atoms with E-state index < -0.39 is 0 Å². The van der Waals surface area contributed by atoms with E-state index in [2.05, 4.69) is 6.58 Å². The van der Waals surface area contributed by atoms with Gasteiger partial charge in [-0.3, -0.25) is 0 Å². The molecule has 1 atom stereocenters. The molecule has 0 saturated carbocycles. The molecule has 0 fully saturated rings. The molecule has 2 N–H and O–H groups in total. The van der Waals surface area contributed by atoms with Crippen LogP contribution in [-0.2, 0) is 0 Å². The summed E-state index contributed by atoms with van der Waals surface area (Å²) in [5.41, 5.74) is 5.17. The summed E-state index contributed by atoms with van der Waals surface area (Å²) in [6.07, 6.45) is 1.69. The van der Waals surface area contributed by atoms with Crippen LogP contribution in [0, 0.1) is 0 Å². The van der Waals surface area contributed by atoms with Crippen molar-refractivity contribution in [3.05, 3.63) is 12.7 Å². The van der Waals surface area contributed by atoms with E-state index in [-0.39, 0.29) is 6.04 Å². The molecule has 0 unspecified atom stereocenters. The van der Waals surface area contributed by atoms with Gasteiger partial charge in [-0.2, -0.15) is 0 Å². The van der Waals surface area contributed by atoms with Crippen LogP contribution in [0.3, 0.4) is 0 Å². The highest BCUT2D eigenvalue weighted by Gasteiger charge is 1.73. The third-order valence-corrected chi connectivity index (χ3v) is 0.372. The molecule has 0 spiro atoms. The van der Waals surface area contributed by atoms with Gasteiger partial charge in [-0.25, -0.2) is 0 Å². The van der Waals surface area contributed by atoms with E-state index in [1.54, 1.807) is 6.08 Å². The Morgan fingerprint density at radius 1 is 2.00 bits per heavy atom. The fourth-order valence-corrected chi connectivity index (χ4v) is 0.